The van der Waals surface area contributed by atoms with E-state index in [0.29, 0.717) is 26.9 Å². The van der Waals surface area contributed by atoms with Crippen LogP contribution in [0.15, 0.2) is 174 Å². The van der Waals surface area contributed by atoms with Gasteiger partial charge in [0.1, 0.15) is 23.1 Å². The second kappa shape index (κ2) is 11.7. The Balaban J connectivity index is 1.12. The third-order valence-corrected chi connectivity index (χ3v) is 9.27. The van der Waals surface area contributed by atoms with Gasteiger partial charge in [-0.1, -0.05) is 133 Å². The van der Waals surface area contributed by atoms with Crippen LogP contribution in [0.3, 0.4) is 0 Å². The fourth-order valence-corrected chi connectivity index (χ4v) is 6.93. The van der Waals surface area contributed by atoms with E-state index in [1.54, 1.807) is 24.3 Å². The monoisotopic (exact) mass is 676 g/mol. The Kier molecular flexibility index (Phi) is 3.51. The molecule has 50 heavy (non-hydrogen) atoms. The molecule has 10 rings (SSSR count). The van der Waals surface area contributed by atoms with Gasteiger partial charge in [0.05, 0.1) is 27.4 Å². The van der Waals surface area contributed by atoms with Crippen LogP contribution in [0.5, 0.6) is 0 Å². The van der Waals surface area contributed by atoms with E-state index in [0.717, 1.165) is 11.3 Å². The lowest BCUT2D eigenvalue weighted by molar-refractivity contribution is 0.667. The minimum absolute atomic E-state index is 0.0947. The minimum Gasteiger partial charge on any atom is -0.452 e. The molecule has 234 valence electrons. The van der Waals surface area contributed by atoms with Gasteiger partial charge in [-0.05, 0) is 74.8 Å². The molecule has 0 saturated carbocycles. The van der Waals surface area contributed by atoms with Crippen LogP contribution in [0.25, 0.3) is 98.0 Å². The van der Waals surface area contributed by atoms with Gasteiger partial charge in [0.2, 0.25) is 0 Å². The fourth-order valence-electron chi connectivity index (χ4n) is 5.84. The predicted octanol–water partition coefficient (Wildman–Crippen LogP) is 13.1. The molecule has 0 aliphatic carbocycles. The van der Waals surface area contributed by atoms with Gasteiger partial charge in [-0.2, -0.15) is 0 Å². The average Bonchev–Trinajstić information content (AvgIpc) is 3.93. The zero-order valence-electron chi connectivity index (χ0n) is 45.3. The molecule has 10 aromatic rings. The van der Waals surface area contributed by atoms with Crippen molar-refractivity contribution < 1.29 is 31.8 Å². The molecule has 0 saturated heterocycles. The molecule has 4 heteroatoms. The first-order valence-corrected chi connectivity index (χ1v) is 15.9. The Morgan fingerprint density at radius 1 is 0.520 bits per heavy atom. The number of hydrogen-bond acceptors (Lipinski definition) is 4. The summed E-state index contributed by atoms with van der Waals surface area (Å²) in [4.78, 5) is 9.02. The Morgan fingerprint density at radius 2 is 1.22 bits per heavy atom. The number of hydrogen-bond donors (Lipinski definition) is 0. The SMILES string of the molecule is [2H]c1c([2H])c([2H])c(-c2c([2H])c([2H])c(-c3c([2H])c([2H])c([2H])c(-c4ccc5oc6c(-c7cccc(-c8c([2H])c([2H])c([2H])c9c8sc8c([2H])c([2H])c([2H])c([2H])c89)c7)ncnc6c5c4)c3[2H])c([2H])c2[2H])c([2H])c1[2H]. The second-order valence-electron chi connectivity index (χ2n) is 11.1. The largest absolute Gasteiger partial charge is 0.452 e. The van der Waals surface area contributed by atoms with Crippen molar-refractivity contribution in [2.75, 3.05) is 0 Å². The first-order valence-electron chi connectivity index (χ1n) is 25.1. The topological polar surface area (TPSA) is 38.9 Å². The van der Waals surface area contributed by atoms with E-state index >= 15 is 0 Å². The van der Waals surface area contributed by atoms with Gasteiger partial charge in [-0.25, -0.2) is 9.97 Å². The lowest BCUT2D eigenvalue weighted by Crippen LogP contribution is -1.88. The zero-order chi connectivity index (χ0) is 50.4. The molecular formula is C46H28N2OS. The van der Waals surface area contributed by atoms with Gasteiger partial charge >= 0.3 is 0 Å². The number of fused-ring (bicyclic) bond motifs is 6. The minimum atomic E-state index is -0.818. The van der Waals surface area contributed by atoms with E-state index in [-0.39, 0.29) is 73.0 Å². The fraction of sp³-hybridized carbons (Fsp3) is 0. The first kappa shape index (κ1) is 15.0. The quantitative estimate of drug-likeness (QED) is 0.182. The highest BCUT2D eigenvalue weighted by atomic mass is 32.1. The summed E-state index contributed by atoms with van der Waals surface area (Å²) in [6.45, 7) is 0. The Hall–Kier alpha value is -6.36. The molecule has 7 aromatic carbocycles. The Bertz CT molecular complexity index is 3980. The Morgan fingerprint density at radius 3 is 2.10 bits per heavy atom. The number of aromatic nitrogens is 2. The molecule has 3 heterocycles. The van der Waals surface area contributed by atoms with Crippen molar-refractivity contribution in [2.45, 2.75) is 0 Å². The second-order valence-corrected chi connectivity index (χ2v) is 12.1. The molecule has 0 aliphatic rings. The van der Waals surface area contributed by atoms with Crippen LogP contribution in [0.2, 0.25) is 0 Å². The smallest absolute Gasteiger partial charge is 0.180 e. The summed E-state index contributed by atoms with van der Waals surface area (Å²) in [6.07, 6.45) is 1.28. The van der Waals surface area contributed by atoms with Gasteiger partial charge in [-0.3, -0.25) is 0 Å². The molecular weight excluding hydrogens is 629 g/mol. The standard InChI is InChI=1S/C46H28N2OS/c1-2-9-29(10-3-1)30-19-21-31(22-20-30)32-11-6-12-33(25-32)34-23-24-41-40(27-34)44-45(49-41)43(47-28-48-44)36-14-7-13-35(26-36)37-16-8-17-39-38-15-4-5-18-42(38)50-46(37)39/h1-28H/i1D,2D,3D,4D,5D,6D,8D,9D,10D,11D,12D,15D,16D,17D,18D,19D,20D,21D,22D,25D. The van der Waals surface area contributed by atoms with E-state index in [2.05, 4.69) is 9.97 Å². The predicted molar refractivity (Wildman–Crippen MR) is 209 cm³/mol. The molecule has 0 N–H and O–H groups in total. The molecule has 0 unspecified atom stereocenters. The van der Waals surface area contributed by atoms with Gasteiger partial charge in [-0.15, -0.1) is 11.3 Å². The van der Waals surface area contributed by atoms with E-state index in [1.807, 2.05) is 0 Å². The molecule has 0 amide bonds. The van der Waals surface area contributed by atoms with Crippen molar-refractivity contribution in [1.29, 1.82) is 0 Å². The van der Waals surface area contributed by atoms with Gasteiger partial charge in [0.25, 0.3) is 0 Å². The van der Waals surface area contributed by atoms with Gasteiger partial charge in [0, 0.05) is 31.1 Å². The van der Waals surface area contributed by atoms with E-state index in [4.69, 9.17) is 30.5 Å². The summed E-state index contributed by atoms with van der Waals surface area (Å²) in [5.74, 6) is 0. The lowest BCUT2D eigenvalue weighted by Gasteiger charge is -2.08. The third kappa shape index (κ3) is 4.80. The van der Waals surface area contributed by atoms with Crippen molar-refractivity contribution in [3.05, 3.63) is 170 Å². The highest BCUT2D eigenvalue weighted by Gasteiger charge is 2.17. The van der Waals surface area contributed by atoms with Crippen LogP contribution in [0.4, 0.5) is 0 Å². The molecule has 0 aliphatic heterocycles. The van der Waals surface area contributed by atoms with Crippen molar-refractivity contribution in [1.82, 2.24) is 9.97 Å². The molecule has 0 bridgehead atoms. The molecule has 3 nitrogen and oxygen atoms in total. The van der Waals surface area contributed by atoms with Crippen LogP contribution < -0.4 is 0 Å². The van der Waals surface area contributed by atoms with Crippen LogP contribution in [0.1, 0.15) is 27.4 Å². The number of thiophene rings is 1. The summed E-state index contributed by atoms with van der Waals surface area (Å²) in [7, 11) is 0. The van der Waals surface area contributed by atoms with E-state index in [9.17, 15) is 1.37 Å². The molecule has 0 radical (unpaired) electrons. The van der Waals surface area contributed by atoms with Crippen molar-refractivity contribution >= 4 is 53.6 Å². The van der Waals surface area contributed by atoms with Crippen molar-refractivity contribution in [3.8, 4) is 55.8 Å². The summed E-state index contributed by atoms with van der Waals surface area (Å²) >= 11 is 1.01. The van der Waals surface area contributed by atoms with Crippen LogP contribution in [0, 0.1) is 0 Å². The van der Waals surface area contributed by atoms with Crippen molar-refractivity contribution in [3.63, 3.8) is 0 Å². The maximum absolute atomic E-state index is 9.37. The number of benzene rings is 7. The lowest BCUT2D eigenvalue weighted by atomic mass is 9.96. The van der Waals surface area contributed by atoms with Crippen LogP contribution >= 0.6 is 11.3 Å². The molecule has 0 fully saturated rings. The summed E-state index contributed by atoms with van der Waals surface area (Å²) in [5.41, 5.74) is -0.130. The number of nitrogens with zero attached hydrogens (tertiary/aromatic N) is 2. The average molecular weight is 677 g/mol. The number of furan rings is 1. The summed E-state index contributed by atoms with van der Waals surface area (Å²) < 4.78 is 180. The maximum Gasteiger partial charge on any atom is 0.180 e. The van der Waals surface area contributed by atoms with E-state index < -0.39 is 119 Å². The Labute approximate surface area is 320 Å². The zero-order valence-corrected chi connectivity index (χ0v) is 26.1. The normalized spacial score (nSPS) is 17.2. The summed E-state index contributed by atoms with van der Waals surface area (Å²) in [5, 5.41) is 0.594. The van der Waals surface area contributed by atoms with Crippen LogP contribution in [-0.4, -0.2) is 9.97 Å². The molecule has 3 aromatic heterocycles. The highest BCUT2D eigenvalue weighted by molar-refractivity contribution is 7.26. The van der Waals surface area contributed by atoms with Crippen LogP contribution in [-0.2, 0) is 0 Å². The first-order chi connectivity index (χ1) is 33.1. The summed E-state index contributed by atoms with van der Waals surface area (Å²) in [6, 6.07) is -0.902. The third-order valence-electron chi connectivity index (χ3n) is 8.15. The maximum atomic E-state index is 9.37. The van der Waals surface area contributed by atoms with Gasteiger partial charge in [0.15, 0.2) is 5.58 Å². The highest BCUT2D eigenvalue weighted by Crippen LogP contribution is 2.41. The van der Waals surface area contributed by atoms with Gasteiger partial charge < -0.3 is 4.42 Å². The van der Waals surface area contributed by atoms with E-state index in [1.165, 1.54) is 24.5 Å². The molecule has 0 spiro atoms. The number of rotatable bonds is 5. The molecule has 0 atom stereocenters. The van der Waals surface area contributed by atoms with Crippen molar-refractivity contribution in [2.24, 2.45) is 0 Å².